The topological polar surface area (TPSA) is 87.5 Å². The van der Waals surface area contributed by atoms with E-state index in [1.807, 2.05) is 26.0 Å². The Hall–Kier alpha value is -3.73. The van der Waals surface area contributed by atoms with Gasteiger partial charge in [-0.1, -0.05) is 12.1 Å². The lowest BCUT2D eigenvalue weighted by molar-refractivity contribution is -0.144. The summed E-state index contributed by atoms with van der Waals surface area (Å²) in [5.41, 5.74) is 6.18. The molecule has 4 aromatic rings. The van der Waals surface area contributed by atoms with Crippen molar-refractivity contribution in [1.82, 2.24) is 34.8 Å². The molecule has 1 fully saturated rings. The molecule has 2 aliphatic rings. The molecule has 11 heteroatoms. The first-order valence-corrected chi connectivity index (χ1v) is 13.4. The number of aromatic nitrogens is 6. The third-order valence-electron chi connectivity index (χ3n) is 7.81. The van der Waals surface area contributed by atoms with E-state index in [4.69, 9.17) is 0 Å². The number of rotatable bonds is 5. The van der Waals surface area contributed by atoms with Gasteiger partial charge in [0, 0.05) is 23.0 Å². The normalized spacial score (nSPS) is 18.2. The van der Waals surface area contributed by atoms with Crippen LogP contribution in [0.3, 0.4) is 0 Å². The van der Waals surface area contributed by atoms with Gasteiger partial charge in [0.2, 0.25) is 5.95 Å². The highest BCUT2D eigenvalue weighted by molar-refractivity contribution is 5.65. The number of hydrogen-bond donors (Lipinski definition) is 2. The van der Waals surface area contributed by atoms with Crippen LogP contribution in [-0.4, -0.2) is 54.0 Å². The predicted octanol–water partition coefficient (Wildman–Crippen LogP) is 5.77. The fourth-order valence-corrected chi connectivity index (χ4v) is 5.85. The van der Waals surface area contributed by atoms with Gasteiger partial charge in [-0.2, -0.15) is 27.9 Å². The molecule has 1 aliphatic carbocycles. The van der Waals surface area contributed by atoms with Crippen LogP contribution in [0.15, 0.2) is 36.4 Å². The molecule has 4 heterocycles. The van der Waals surface area contributed by atoms with Gasteiger partial charge in [-0.3, -0.25) is 5.10 Å². The van der Waals surface area contributed by atoms with Crippen molar-refractivity contribution in [3.8, 4) is 17.1 Å². The van der Waals surface area contributed by atoms with E-state index >= 15 is 0 Å². The number of hydrogen-bond acceptors (Lipinski definition) is 6. The highest BCUT2D eigenvalue weighted by Gasteiger charge is 2.37. The SMILES string of the molecule is Cc1n[nH]c(C)c1-c1cccc(-n2nc(C(F)(F)F)nc2Nc2ccc3c(c2)CCC(N2CCCC2)CC3)n1. The van der Waals surface area contributed by atoms with Gasteiger partial charge in [0.1, 0.15) is 0 Å². The van der Waals surface area contributed by atoms with Crippen molar-refractivity contribution < 1.29 is 13.2 Å². The maximum atomic E-state index is 13.7. The van der Waals surface area contributed by atoms with E-state index in [0.29, 0.717) is 17.4 Å². The molecule has 0 amide bonds. The molecule has 1 unspecified atom stereocenters. The van der Waals surface area contributed by atoms with Crippen molar-refractivity contribution in [2.45, 2.75) is 64.6 Å². The summed E-state index contributed by atoms with van der Waals surface area (Å²) < 4.78 is 42.1. The Kier molecular flexibility index (Phi) is 6.62. The highest BCUT2D eigenvalue weighted by atomic mass is 19.4. The molecule has 6 rings (SSSR count). The molecule has 204 valence electrons. The second kappa shape index (κ2) is 10.1. The molecular weight excluding hydrogens is 505 g/mol. The van der Waals surface area contributed by atoms with Gasteiger partial charge in [0.25, 0.3) is 5.82 Å². The Labute approximate surface area is 224 Å². The van der Waals surface area contributed by atoms with E-state index in [1.54, 1.807) is 18.2 Å². The number of nitrogens with zero attached hydrogens (tertiary/aromatic N) is 6. The molecule has 1 saturated heterocycles. The Balaban J connectivity index is 1.31. The Bertz CT molecular complexity index is 1460. The van der Waals surface area contributed by atoms with Crippen molar-refractivity contribution in [3.63, 3.8) is 0 Å². The second-order valence-corrected chi connectivity index (χ2v) is 10.4. The number of pyridine rings is 1. The number of fused-ring (bicyclic) bond motifs is 1. The van der Waals surface area contributed by atoms with E-state index in [1.165, 1.54) is 37.1 Å². The number of alkyl halides is 3. The van der Waals surface area contributed by atoms with Crippen molar-refractivity contribution in [2.24, 2.45) is 0 Å². The molecule has 1 atom stereocenters. The summed E-state index contributed by atoms with van der Waals surface area (Å²) in [6.45, 7) is 6.09. The zero-order valence-electron chi connectivity index (χ0n) is 22.0. The van der Waals surface area contributed by atoms with E-state index in [2.05, 4.69) is 41.5 Å². The van der Waals surface area contributed by atoms with Crippen molar-refractivity contribution >= 4 is 11.6 Å². The molecule has 1 aliphatic heterocycles. The summed E-state index contributed by atoms with van der Waals surface area (Å²) in [4.78, 5) is 11.1. The van der Waals surface area contributed by atoms with Crippen LogP contribution in [0.5, 0.6) is 0 Å². The molecule has 0 saturated carbocycles. The van der Waals surface area contributed by atoms with E-state index in [-0.39, 0.29) is 11.8 Å². The summed E-state index contributed by atoms with van der Waals surface area (Å²) in [6.07, 6.45) is 2.03. The number of benzene rings is 1. The summed E-state index contributed by atoms with van der Waals surface area (Å²) in [7, 11) is 0. The second-order valence-electron chi connectivity index (χ2n) is 10.4. The van der Waals surface area contributed by atoms with Crippen LogP contribution >= 0.6 is 0 Å². The van der Waals surface area contributed by atoms with Crippen LogP contribution in [0.2, 0.25) is 0 Å². The first kappa shape index (κ1) is 25.5. The maximum Gasteiger partial charge on any atom is 0.453 e. The summed E-state index contributed by atoms with van der Waals surface area (Å²) >= 11 is 0. The van der Waals surface area contributed by atoms with E-state index in [9.17, 15) is 13.2 Å². The van der Waals surface area contributed by atoms with Gasteiger partial charge in [-0.05, 0) is 101 Å². The molecule has 3 aromatic heterocycles. The largest absolute Gasteiger partial charge is 0.453 e. The van der Waals surface area contributed by atoms with Crippen molar-refractivity contribution in [3.05, 3.63) is 64.7 Å². The van der Waals surface area contributed by atoms with Gasteiger partial charge in [-0.25, -0.2) is 4.98 Å². The third kappa shape index (κ3) is 5.15. The summed E-state index contributed by atoms with van der Waals surface area (Å²) in [5, 5.41) is 14.0. The number of halogens is 3. The zero-order chi connectivity index (χ0) is 27.1. The number of aryl methyl sites for hydroxylation is 4. The van der Waals surface area contributed by atoms with Gasteiger partial charge in [0.15, 0.2) is 5.82 Å². The molecule has 8 nitrogen and oxygen atoms in total. The quantitative estimate of drug-likeness (QED) is 0.315. The van der Waals surface area contributed by atoms with Crippen LogP contribution in [0.4, 0.5) is 24.8 Å². The lowest BCUT2D eigenvalue weighted by atomic mass is 10.0. The molecule has 0 bridgehead atoms. The standard InChI is InChI=1S/C28H31F3N8/c1-17-25(18(2)36-35-17)23-6-5-7-24(33-23)39-27(34-26(37-39)28(29,30)31)32-21-11-8-19-9-12-22(13-10-20(19)16-21)38-14-3-4-15-38/h5-8,11,16,22H,3-4,9-10,12-15H2,1-2H3,(H,35,36)(H,32,34,37). The predicted molar refractivity (Wildman–Crippen MR) is 142 cm³/mol. The lowest BCUT2D eigenvalue weighted by Gasteiger charge is -2.25. The first-order chi connectivity index (χ1) is 18.8. The average Bonchev–Trinajstić information content (AvgIpc) is 3.63. The van der Waals surface area contributed by atoms with Crippen LogP contribution < -0.4 is 5.32 Å². The van der Waals surface area contributed by atoms with Gasteiger partial charge in [-0.15, -0.1) is 5.10 Å². The monoisotopic (exact) mass is 536 g/mol. The number of H-pyrrole nitrogens is 1. The van der Waals surface area contributed by atoms with E-state index in [0.717, 1.165) is 47.3 Å². The fraction of sp³-hybridized carbons (Fsp3) is 0.429. The van der Waals surface area contributed by atoms with Gasteiger partial charge >= 0.3 is 6.18 Å². The molecule has 0 spiro atoms. The zero-order valence-corrected chi connectivity index (χ0v) is 22.0. The lowest BCUT2D eigenvalue weighted by Crippen LogP contribution is -2.32. The van der Waals surface area contributed by atoms with Crippen molar-refractivity contribution in [1.29, 1.82) is 0 Å². The number of likely N-dealkylation sites (tertiary alicyclic amines) is 1. The van der Waals surface area contributed by atoms with Crippen LogP contribution in [0.25, 0.3) is 17.1 Å². The molecule has 39 heavy (non-hydrogen) atoms. The Morgan fingerprint density at radius 2 is 1.74 bits per heavy atom. The molecular formula is C28H31F3N8. The first-order valence-electron chi connectivity index (χ1n) is 13.4. The fourth-order valence-electron chi connectivity index (χ4n) is 5.85. The maximum absolute atomic E-state index is 13.7. The van der Waals surface area contributed by atoms with Crippen molar-refractivity contribution in [2.75, 3.05) is 18.4 Å². The number of anilines is 2. The number of nitrogens with one attached hydrogen (secondary N) is 2. The number of aromatic amines is 1. The summed E-state index contributed by atoms with van der Waals surface area (Å²) in [5.74, 6) is -1.05. The third-order valence-corrected chi connectivity index (χ3v) is 7.81. The Morgan fingerprint density at radius 1 is 0.974 bits per heavy atom. The minimum Gasteiger partial charge on any atom is -0.324 e. The Morgan fingerprint density at radius 3 is 2.46 bits per heavy atom. The average molecular weight is 537 g/mol. The van der Waals surface area contributed by atoms with Crippen LogP contribution in [0, 0.1) is 13.8 Å². The molecule has 0 radical (unpaired) electrons. The smallest absolute Gasteiger partial charge is 0.324 e. The molecule has 2 N–H and O–H groups in total. The van der Waals surface area contributed by atoms with Gasteiger partial charge in [0.05, 0.1) is 11.4 Å². The molecule has 1 aromatic carbocycles. The van der Waals surface area contributed by atoms with Gasteiger partial charge < -0.3 is 10.2 Å². The minimum atomic E-state index is -4.70. The van der Waals surface area contributed by atoms with Crippen LogP contribution in [0.1, 0.15) is 54.0 Å². The highest BCUT2D eigenvalue weighted by Crippen LogP contribution is 2.32. The van der Waals surface area contributed by atoms with Crippen LogP contribution in [-0.2, 0) is 19.0 Å². The van der Waals surface area contributed by atoms with E-state index < -0.39 is 12.0 Å². The minimum absolute atomic E-state index is 0.0453. The summed E-state index contributed by atoms with van der Waals surface area (Å²) in [6, 6.07) is 11.8.